The second kappa shape index (κ2) is 7.30. The summed E-state index contributed by atoms with van der Waals surface area (Å²) in [6.45, 7) is 0. The van der Waals surface area contributed by atoms with Crippen molar-refractivity contribution in [3.63, 3.8) is 0 Å². The monoisotopic (exact) mass is 401 g/mol. The minimum Gasteiger partial charge on any atom is -0.478 e. The van der Waals surface area contributed by atoms with Gasteiger partial charge in [0.05, 0.1) is 7.11 Å². The van der Waals surface area contributed by atoms with Crippen LogP contribution in [0.3, 0.4) is 0 Å². The molecule has 2 aromatic carbocycles. The van der Waals surface area contributed by atoms with Crippen LogP contribution < -0.4 is 14.8 Å². The molecule has 0 unspecified atom stereocenters. The van der Waals surface area contributed by atoms with Gasteiger partial charge in [0.15, 0.2) is 17.1 Å². The van der Waals surface area contributed by atoms with Crippen molar-refractivity contribution in [2.45, 2.75) is 6.36 Å². The van der Waals surface area contributed by atoms with Crippen LogP contribution in [0, 0.1) is 0 Å². The molecule has 0 aliphatic heterocycles. The van der Waals surface area contributed by atoms with Crippen LogP contribution in [-0.2, 0) is 0 Å². The molecule has 0 spiro atoms. The number of imidazole rings is 1. The smallest absolute Gasteiger partial charge is 0.478 e. The predicted octanol–water partition coefficient (Wildman–Crippen LogP) is 4.67. The summed E-state index contributed by atoms with van der Waals surface area (Å²) in [5, 5.41) is 2.97. The molecule has 2 N–H and O–H groups in total. The molecule has 0 aliphatic rings. The van der Waals surface area contributed by atoms with E-state index in [9.17, 15) is 13.2 Å². The van der Waals surface area contributed by atoms with Gasteiger partial charge in [-0.2, -0.15) is 4.98 Å². The minimum absolute atomic E-state index is 0.205. The van der Waals surface area contributed by atoms with E-state index in [-0.39, 0.29) is 17.4 Å². The third-order valence-corrected chi connectivity index (χ3v) is 3.89. The number of fused-ring (bicyclic) bond motifs is 1. The number of nitrogens with zero attached hydrogens (tertiary/aromatic N) is 3. The highest BCUT2D eigenvalue weighted by Gasteiger charge is 2.31. The fraction of sp³-hybridized carbons (Fsp3) is 0.105. The van der Waals surface area contributed by atoms with E-state index in [2.05, 4.69) is 30.0 Å². The molecule has 2 heterocycles. The number of anilines is 2. The van der Waals surface area contributed by atoms with Gasteiger partial charge in [-0.05, 0) is 24.3 Å². The van der Waals surface area contributed by atoms with Crippen LogP contribution in [-0.4, -0.2) is 33.4 Å². The molecule has 148 valence electrons. The number of hydrogen-bond donors (Lipinski definition) is 2. The van der Waals surface area contributed by atoms with Gasteiger partial charge in [-0.25, -0.2) is 9.97 Å². The summed E-state index contributed by atoms with van der Waals surface area (Å²) in [7, 11) is 1.44. The Balaban J connectivity index is 1.63. The lowest BCUT2D eigenvalue weighted by atomic mass is 10.2. The summed E-state index contributed by atoms with van der Waals surface area (Å²) < 4.78 is 46.0. The quantitative estimate of drug-likeness (QED) is 0.506. The second-order valence-corrected chi connectivity index (χ2v) is 5.90. The fourth-order valence-electron chi connectivity index (χ4n) is 2.65. The Kier molecular flexibility index (Phi) is 4.67. The molecule has 0 atom stereocenters. The zero-order chi connectivity index (χ0) is 20.4. The van der Waals surface area contributed by atoms with E-state index in [0.29, 0.717) is 22.8 Å². The van der Waals surface area contributed by atoms with Crippen molar-refractivity contribution in [1.29, 1.82) is 0 Å². The number of ether oxygens (including phenoxy) is 2. The Labute approximate surface area is 162 Å². The first-order chi connectivity index (χ1) is 13.9. The van der Waals surface area contributed by atoms with Crippen molar-refractivity contribution in [3.05, 3.63) is 54.6 Å². The summed E-state index contributed by atoms with van der Waals surface area (Å²) in [6, 6.07) is 14.7. The molecule has 2 aromatic heterocycles. The SMILES string of the molecule is COc1nc2[nH]c(-c3ccccc3)nc2nc1Nc1ccc(OC(F)(F)F)cc1. The Morgan fingerprint density at radius 1 is 0.931 bits per heavy atom. The van der Waals surface area contributed by atoms with Gasteiger partial charge >= 0.3 is 6.36 Å². The fourth-order valence-corrected chi connectivity index (χ4v) is 2.65. The van der Waals surface area contributed by atoms with Gasteiger partial charge in [0.25, 0.3) is 5.88 Å². The van der Waals surface area contributed by atoms with Crippen molar-refractivity contribution in [1.82, 2.24) is 19.9 Å². The highest BCUT2D eigenvalue weighted by Crippen LogP contribution is 2.29. The molecule has 0 aliphatic carbocycles. The molecule has 0 bridgehead atoms. The van der Waals surface area contributed by atoms with E-state index in [1.165, 1.54) is 31.4 Å². The molecule has 4 aromatic rings. The van der Waals surface area contributed by atoms with Crippen LogP contribution in [0.25, 0.3) is 22.7 Å². The van der Waals surface area contributed by atoms with Crippen molar-refractivity contribution in [2.24, 2.45) is 0 Å². The highest BCUT2D eigenvalue weighted by molar-refractivity contribution is 5.76. The van der Waals surface area contributed by atoms with E-state index in [1.807, 2.05) is 30.3 Å². The van der Waals surface area contributed by atoms with E-state index < -0.39 is 6.36 Å². The maximum absolute atomic E-state index is 12.3. The molecule has 0 saturated heterocycles. The van der Waals surface area contributed by atoms with Crippen molar-refractivity contribution < 1.29 is 22.6 Å². The van der Waals surface area contributed by atoms with Crippen LogP contribution in [0.15, 0.2) is 54.6 Å². The maximum atomic E-state index is 12.3. The maximum Gasteiger partial charge on any atom is 0.573 e. The number of methoxy groups -OCH3 is 1. The van der Waals surface area contributed by atoms with Gasteiger partial charge in [0.1, 0.15) is 11.6 Å². The molecule has 0 saturated carbocycles. The number of hydrogen-bond acceptors (Lipinski definition) is 6. The van der Waals surface area contributed by atoms with E-state index in [4.69, 9.17) is 4.74 Å². The molecule has 0 fully saturated rings. The first-order valence-electron chi connectivity index (χ1n) is 8.41. The topological polar surface area (TPSA) is 85.0 Å². The highest BCUT2D eigenvalue weighted by atomic mass is 19.4. The minimum atomic E-state index is -4.74. The number of alkyl halides is 3. The Morgan fingerprint density at radius 3 is 2.31 bits per heavy atom. The largest absolute Gasteiger partial charge is 0.573 e. The van der Waals surface area contributed by atoms with Crippen LogP contribution in [0.1, 0.15) is 0 Å². The first-order valence-corrected chi connectivity index (χ1v) is 8.41. The molecule has 10 heteroatoms. The zero-order valence-corrected chi connectivity index (χ0v) is 15.0. The van der Waals surface area contributed by atoms with Crippen molar-refractivity contribution in [2.75, 3.05) is 12.4 Å². The van der Waals surface area contributed by atoms with Gasteiger partial charge < -0.3 is 19.8 Å². The summed E-state index contributed by atoms with van der Waals surface area (Å²) in [4.78, 5) is 16.3. The second-order valence-electron chi connectivity index (χ2n) is 5.90. The number of rotatable bonds is 5. The standard InChI is InChI=1S/C19H14F3N5O2/c1-28-18-17(23-12-7-9-13(10-8-12)29-19(20,21)22)26-15-16(27-18)25-14(24-15)11-5-3-2-4-6-11/h2-10H,1H3,(H2,23,24,25,26,27). The average Bonchev–Trinajstić information content (AvgIpc) is 3.11. The lowest BCUT2D eigenvalue weighted by Gasteiger charge is -2.11. The normalized spacial score (nSPS) is 11.4. The summed E-state index contributed by atoms with van der Waals surface area (Å²) >= 11 is 0. The molecule has 4 rings (SSSR count). The third kappa shape index (κ3) is 4.21. The van der Waals surface area contributed by atoms with Crippen LogP contribution >= 0.6 is 0 Å². The van der Waals surface area contributed by atoms with E-state index >= 15 is 0 Å². The zero-order valence-electron chi connectivity index (χ0n) is 15.0. The predicted molar refractivity (Wildman–Crippen MR) is 100 cm³/mol. The molecule has 0 amide bonds. The van der Waals surface area contributed by atoms with Crippen LogP contribution in [0.5, 0.6) is 11.6 Å². The number of aromatic nitrogens is 4. The van der Waals surface area contributed by atoms with Gasteiger partial charge in [-0.1, -0.05) is 30.3 Å². The molecular weight excluding hydrogens is 387 g/mol. The number of benzene rings is 2. The first kappa shape index (κ1) is 18.5. The third-order valence-electron chi connectivity index (χ3n) is 3.89. The van der Waals surface area contributed by atoms with Gasteiger partial charge in [-0.3, -0.25) is 0 Å². The van der Waals surface area contributed by atoms with Gasteiger partial charge in [-0.15, -0.1) is 13.2 Å². The number of nitrogens with one attached hydrogen (secondary N) is 2. The van der Waals surface area contributed by atoms with E-state index in [1.54, 1.807) is 0 Å². The molecular formula is C19H14F3N5O2. The summed E-state index contributed by atoms with van der Waals surface area (Å²) in [5.41, 5.74) is 2.16. The van der Waals surface area contributed by atoms with Gasteiger partial charge in [0.2, 0.25) is 0 Å². The Bertz CT molecular complexity index is 1130. The number of halogens is 3. The number of aromatic amines is 1. The molecule has 29 heavy (non-hydrogen) atoms. The summed E-state index contributed by atoms with van der Waals surface area (Å²) in [5.74, 6) is 0.761. The number of H-pyrrole nitrogens is 1. The van der Waals surface area contributed by atoms with Crippen LogP contribution in [0.4, 0.5) is 24.7 Å². The van der Waals surface area contributed by atoms with Crippen LogP contribution in [0.2, 0.25) is 0 Å². The van der Waals surface area contributed by atoms with E-state index in [0.717, 1.165) is 5.56 Å². The average molecular weight is 401 g/mol. The summed E-state index contributed by atoms with van der Waals surface area (Å²) in [6.07, 6.45) is -4.74. The lowest BCUT2D eigenvalue weighted by Crippen LogP contribution is -2.17. The van der Waals surface area contributed by atoms with Gasteiger partial charge in [0, 0.05) is 11.3 Å². The lowest BCUT2D eigenvalue weighted by molar-refractivity contribution is -0.274. The Morgan fingerprint density at radius 2 is 1.66 bits per heavy atom. The van der Waals surface area contributed by atoms with Crippen molar-refractivity contribution >= 4 is 22.8 Å². The van der Waals surface area contributed by atoms with Crippen molar-refractivity contribution in [3.8, 4) is 23.0 Å². The Hall–Kier alpha value is -3.82. The molecule has 7 nitrogen and oxygen atoms in total. The molecule has 0 radical (unpaired) electrons.